The van der Waals surface area contributed by atoms with E-state index in [1.54, 1.807) is 6.20 Å². The van der Waals surface area contributed by atoms with Gasteiger partial charge in [-0.3, -0.25) is 4.98 Å². The summed E-state index contributed by atoms with van der Waals surface area (Å²) in [5, 5.41) is 0. The maximum Gasteiger partial charge on any atom is 0.0954 e. The Morgan fingerprint density at radius 2 is 1.71 bits per heavy atom. The normalized spacial score (nSPS) is 13.8. The van der Waals surface area contributed by atoms with Crippen molar-refractivity contribution in [3.63, 3.8) is 0 Å². The molecule has 21 heavy (non-hydrogen) atoms. The zero-order chi connectivity index (χ0) is 14.7. The number of nitrogens with zero attached hydrogens (tertiary/aromatic N) is 3. The smallest absolute Gasteiger partial charge is 0.0954 e. The van der Waals surface area contributed by atoms with Gasteiger partial charge in [-0.2, -0.15) is 0 Å². The van der Waals surface area contributed by atoms with E-state index in [2.05, 4.69) is 27.5 Å². The fraction of sp³-hybridized carbons (Fsp3) is 0.176. The lowest BCUT2D eigenvalue weighted by Gasteiger charge is -2.20. The highest BCUT2D eigenvalue weighted by molar-refractivity contribution is 5.28. The average Bonchev–Trinajstić information content (AvgIpc) is 3.04. The lowest BCUT2D eigenvalue weighted by atomic mass is 10.0. The minimum atomic E-state index is -0.187. The quantitative estimate of drug-likeness (QED) is 0.798. The molecule has 0 fully saturated rings. The van der Waals surface area contributed by atoms with E-state index in [1.165, 1.54) is 0 Å². The highest BCUT2D eigenvalue weighted by Crippen LogP contribution is 2.25. The summed E-state index contributed by atoms with van der Waals surface area (Å²) >= 11 is 0. The first kappa shape index (κ1) is 13.5. The molecular formula is C17H18N4. The summed E-state index contributed by atoms with van der Waals surface area (Å²) < 4.78 is 2.11. The molecule has 0 aliphatic heterocycles. The molecule has 0 amide bonds. The monoisotopic (exact) mass is 278 g/mol. The predicted molar refractivity (Wildman–Crippen MR) is 82.7 cm³/mol. The third kappa shape index (κ3) is 2.71. The number of imidazole rings is 1. The molecule has 2 N–H and O–H groups in total. The highest BCUT2D eigenvalue weighted by atomic mass is 15.1. The van der Waals surface area contributed by atoms with Crippen LogP contribution in [-0.4, -0.2) is 14.5 Å². The molecule has 3 rings (SSSR count). The van der Waals surface area contributed by atoms with Gasteiger partial charge < -0.3 is 10.3 Å². The molecule has 106 valence electrons. The van der Waals surface area contributed by atoms with Crippen molar-refractivity contribution in [3.05, 3.63) is 84.2 Å². The van der Waals surface area contributed by atoms with E-state index in [0.29, 0.717) is 0 Å². The van der Waals surface area contributed by atoms with Crippen LogP contribution in [0.5, 0.6) is 0 Å². The van der Waals surface area contributed by atoms with Crippen LogP contribution in [0.3, 0.4) is 0 Å². The summed E-state index contributed by atoms with van der Waals surface area (Å²) in [5.41, 5.74) is 9.62. The Morgan fingerprint density at radius 3 is 2.43 bits per heavy atom. The van der Waals surface area contributed by atoms with E-state index < -0.39 is 0 Å². The first-order valence-electron chi connectivity index (χ1n) is 6.99. The van der Waals surface area contributed by atoms with Crippen LogP contribution in [-0.2, 0) is 0 Å². The van der Waals surface area contributed by atoms with Crippen molar-refractivity contribution in [2.24, 2.45) is 5.73 Å². The Balaban J connectivity index is 1.94. The summed E-state index contributed by atoms with van der Waals surface area (Å²) in [6.45, 7) is 2.12. The van der Waals surface area contributed by atoms with Gasteiger partial charge in [-0.25, -0.2) is 4.98 Å². The van der Waals surface area contributed by atoms with Crippen molar-refractivity contribution in [3.8, 4) is 0 Å². The van der Waals surface area contributed by atoms with Crippen LogP contribution in [0.4, 0.5) is 0 Å². The number of hydrogen-bond acceptors (Lipinski definition) is 3. The maximum absolute atomic E-state index is 6.40. The van der Waals surface area contributed by atoms with Crippen LogP contribution in [0, 0.1) is 0 Å². The van der Waals surface area contributed by atoms with Gasteiger partial charge in [0.1, 0.15) is 0 Å². The molecule has 0 bridgehead atoms. The van der Waals surface area contributed by atoms with Gasteiger partial charge >= 0.3 is 0 Å². The van der Waals surface area contributed by atoms with Gasteiger partial charge in [0, 0.05) is 12.4 Å². The standard InChI is InChI=1S/C17H18N4/c1-13(15-8-5-9-19-10-15)21-12-20-11-16(21)17(18)14-6-3-2-4-7-14/h2-13,17H,18H2,1H3. The Kier molecular flexibility index (Phi) is 3.79. The first-order valence-corrected chi connectivity index (χ1v) is 6.99. The summed E-state index contributed by atoms with van der Waals surface area (Å²) in [4.78, 5) is 8.46. The number of hydrogen-bond donors (Lipinski definition) is 1. The molecule has 2 heterocycles. The van der Waals surface area contributed by atoms with Crippen LogP contribution >= 0.6 is 0 Å². The van der Waals surface area contributed by atoms with Gasteiger partial charge in [0.05, 0.1) is 30.3 Å². The Hall–Kier alpha value is -2.46. The second-order valence-electron chi connectivity index (χ2n) is 5.08. The molecule has 2 unspecified atom stereocenters. The molecular weight excluding hydrogens is 260 g/mol. The van der Waals surface area contributed by atoms with Crippen molar-refractivity contribution in [1.82, 2.24) is 14.5 Å². The van der Waals surface area contributed by atoms with Gasteiger partial charge in [-0.1, -0.05) is 36.4 Å². The van der Waals surface area contributed by atoms with E-state index >= 15 is 0 Å². The van der Waals surface area contributed by atoms with Gasteiger partial charge in [0.15, 0.2) is 0 Å². The minimum absolute atomic E-state index is 0.144. The molecule has 3 aromatic rings. The van der Waals surface area contributed by atoms with E-state index in [9.17, 15) is 0 Å². The molecule has 1 aromatic carbocycles. The molecule has 4 nitrogen and oxygen atoms in total. The topological polar surface area (TPSA) is 56.7 Å². The van der Waals surface area contributed by atoms with E-state index in [1.807, 2.05) is 55.1 Å². The molecule has 0 aliphatic carbocycles. The molecule has 0 saturated heterocycles. The first-order chi connectivity index (χ1) is 10.3. The number of aromatic nitrogens is 3. The molecule has 4 heteroatoms. The molecule has 0 radical (unpaired) electrons. The molecule has 2 atom stereocenters. The van der Waals surface area contributed by atoms with Crippen LogP contribution in [0.15, 0.2) is 67.4 Å². The van der Waals surface area contributed by atoms with Crippen LogP contribution < -0.4 is 5.73 Å². The van der Waals surface area contributed by atoms with Crippen LogP contribution in [0.25, 0.3) is 0 Å². The second-order valence-corrected chi connectivity index (χ2v) is 5.08. The molecule has 0 saturated carbocycles. The Bertz CT molecular complexity index is 631. The van der Waals surface area contributed by atoms with E-state index in [-0.39, 0.29) is 12.1 Å². The lowest BCUT2D eigenvalue weighted by Crippen LogP contribution is -2.19. The van der Waals surface area contributed by atoms with Gasteiger partial charge in [-0.05, 0) is 24.1 Å². The van der Waals surface area contributed by atoms with Crippen molar-refractivity contribution in [1.29, 1.82) is 0 Å². The predicted octanol–water partition coefficient (Wildman–Crippen LogP) is 2.94. The molecule has 0 spiro atoms. The van der Waals surface area contributed by atoms with Gasteiger partial charge in [-0.15, -0.1) is 0 Å². The van der Waals surface area contributed by atoms with E-state index in [4.69, 9.17) is 5.73 Å². The Morgan fingerprint density at radius 1 is 0.952 bits per heavy atom. The summed E-state index contributed by atoms with van der Waals surface area (Å²) in [6.07, 6.45) is 7.32. The second kappa shape index (κ2) is 5.89. The number of rotatable bonds is 4. The van der Waals surface area contributed by atoms with Crippen molar-refractivity contribution in [2.75, 3.05) is 0 Å². The third-order valence-electron chi connectivity index (χ3n) is 3.76. The van der Waals surface area contributed by atoms with Crippen LogP contribution in [0.1, 0.15) is 35.8 Å². The summed E-state index contributed by atoms with van der Waals surface area (Å²) in [6, 6.07) is 14.0. The number of nitrogens with two attached hydrogens (primary N) is 1. The largest absolute Gasteiger partial charge is 0.325 e. The van der Waals surface area contributed by atoms with Crippen molar-refractivity contribution in [2.45, 2.75) is 19.0 Å². The zero-order valence-corrected chi connectivity index (χ0v) is 11.9. The lowest BCUT2D eigenvalue weighted by molar-refractivity contribution is 0.589. The van der Waals surface area contributed by atoms with Crippen LogP contribution in [0.2, 0.25) is 0 Å². The molecule has 2 aromatic heterocycles. The molecule has 0 aliphatic rings. The number of benzene rings is 1. The SMILES string of the molecule is CC(c1cccnc1)n1cncc1C(N)c1ccccc1. The average molecular weight is 278 g/mol. The maximum atomic E-state index is 6.40. The van der Waals surface area contributed by atoms with Gasteiger partial charge in [0.25, 0.3) is 0 Å². The highest BCUT2D eigenvalue weighted by Gasteiger charge is 2.17. The number of pyridine rings is 1. The minimum Gasteiger partial charge on any atom is -0.325 e. The summed E-state index contributed by atoms with van der Waals surface area (Å²) in [5.74, 6) is 0. The van der Waals surface area contributed by atoms with Crippen molar-refractivity contribution >= 4 is 0 Å². The summed E-state index contributed by atoms with van der Waals surface area (Å²) in [7, 11) is 0. The van der Waals surface area contributed by atoms with Gasteiger partial charge in [0.2, 0.25) is 0 Å². The third-order valence-corrected chi connectivity index (χ3v) is 3.76. The van der Waals surface area contributed by atoms with Crippen molar-refractivity contribution < 1.29 is 0 Å². The fourth-order valence-corrected chi connectivity index (χ4v) is 2.49. The zero-order valence-electron chi connectivity index (χ0n) is 11.9. The van der Waals surface area contributed by atoms with E-state index in [0.717, 1.165) is 16.8 Å². The Labute approximate surface area is 124 Å². The fourth-order valence-electron chi connectivity index (χ4n) is 2.49.